The second-order valence-corrected chi connectivity index (χ2v) is 8.53. The van der Waals surface area contributed by atoms with Crippen LogP contribution in [0.2, 0.25) is 0 Å². The van der Waals surface area contributed by atoms with E-state index in [9.17, 15) is 4.79 Å². The summed E-state index contributed by atoms with van der Waals surface area (Å²) in [5, 5.41) is 0. The Hall–Kier alpha value is -0.570. The smallest absolute Gasteiger partial charge is 0.222 e. The predicted molar refractivity (Wildman–Crippen MR) is 102 cm³/mol. The number of likely N-dealkylation sites (tertiary alicyclic amines) is 1. The van der Waals surface area contributed by atoms with E-state index in [2.05, 4.69) is 37.5 Å². The van der Waals surface area contributed by atoms with E-state index in [1.165, 1.54) is 51.5 Å². The molecular weight excluding hydrogens is 296 g/mol. The molecule has 2 heterocycles. The van der Waals surface area contributed by atoms with Crippen molar-refractivity contribution in [2.45, 2.75) is 97.6 Å². The van der Waals surface area contributed by atoms with Crippen LogP contribution in [0.25, 0.3) is 0 Å². The highest BCUT2D eigenvalue weighted by atomic mass is 16.2. The number of nitrogens with zero attached hydrogens (tertiary/aromatic N) is 2. The van der Waals surface area contributed by atoms with Crippen molar-refractivity contribution in [3.8, 4) is 0 Å². The van der Waals surface area contributed by atoms with Crippen molar-refractivity contribution < 1.29 is 4.79 Å². The molecule has 0 aromatic rings. The van der Waals surface area contributed by atoms with E-state index in [0.717, 1.165) is 37.8 Å². The van der Waals surface area contributed by atoms with Crippen molar-refractivity contribution in [2.24, 2.45) is 11.8 Å². The van der Waals surface area contributed by atoms with Gasteiger partial charge in [0.25, 0.3) is 0 Å². The molecule has 0 saturated carbocycles. The van der Waals surface area contributed by atoms with Gasteiger partial charge in [-0.25, -0.2) is 0 Å². The summed E-state index contributed by atoms with van der Waals surface area (Å²) in [7, 11) is 0. The zero-order chi connectivity index (χ0) is 17.5. The molecule has 2 bridgehead atoms. The average molecular weight is 337 g/mol. The second kappa shape index (κ2) is 9.79. The Balaban J connectivity index is 1.76. The summed E-state index contributed by atoms with van der Waals surface area (Å²) in [6.07, 6.45) is 10.8. The van der Waals surface area contributed by atoms with Crippen LogP contribution in [0.1, 0.15) is 85.5 Å². The van der Waals surface area contributed by atoms with Gasteiger partial charge in [-0.3, -0.25) is 9.69 Å². The van der Waals surface area contributed by atoms with Crippen molar-refractivity contribution in [3.05, 3.63) is 0 Å². The molecule has 3 heteroatoms. The lowest BCUT2D eigenvalue weighted by molar-refractivity contribution is -0.134. The maximum absolute atomic E-state index is 12.6. The number of carbonyl (C=O) groups excluding carboxylic acids is 1. The molecular formula is C21H40N2O. The van der Waals surface area contributed by atoms with Crippen LogP contribution >= 0.6 is 0 Å². The Morgan fingerprint density at radius 1 is 1.00 bits per heavy atom. The molecule has 140 valence electrons. The van der Waals surface area contributed by atoms with Gasteiger partial charge in [-0.15, -0.1) is 0 Å². The molecule has 0 spiro atoms. The number of rotatable bonds is 10. The summed E-state index contributed by atoms with van der Waals surface area (Å²) in [5.41, 5.74) is 0. The third-order valence-corrected chi connectivity index (χ3v) is 6.34. The molecule has 2 aliphatic rings. The quantitative estimate of drug-likeness (QED) is 0.577. The lowest BCUT2D eigenvalue weighted by atomic mass is 10.0. The fraction of sp³-hybridized carbons (Fsp3) is 0.952. The van der Waals surface area contributed by atoms with Crippen molar-refractivity contribution in [3.63, 3.8) is 0 Å². The van der Waals surface area contributed by atoms with Crippen LogP contribution in [-0.2, 0) is 4.79 Å². The van der Waals surface area contributed by atoms with E-state index in [1.54, 1.807) is 0 Å². The highest BCUT2D eigenvalue weighted by molar-refractivity contribution is 5.76. The van der Waals surface area contributed by atoms with Gasteiger partial charge in [0.2, 0.25) is 5.91 Å². The van der Waals surface area contributed by atoms with E-state index in [0.29, 0.717) is 18.0 Å². The van der Waals surface area contributed by atoms with E-state index in [-0.39, 0.29) is 0 Å². The van der Waals surface area contributed by atoms with Crippen LogP contribution in [0, 0.1) is 11.8 Å². The SMILES string of the molecule is CCCCC(C)CN1[C@@H]2CC[C@H]1CN(C(=O)CCCC(C)CC)C2. The summed E-state index contributed by atoms with van der Waals surface area (Å²) in [5.74, 6) is 1.97. The third kappa shape index (κ3) is 5.47. The first kappa shape index (κ1) is 19.8. The molecule has 2 saturated heterocycles. The number of amides is 1. The minimum absolute atomic E-state index is 0.411. The first-order valence-corrected chi connectivity index (χ1v) is 10.6. The molecule has 4 atom stereocenters. The minimum Gasteiger partial charge on any atom is -0.340 e. The van der Waals surface area contributed by atoms with Crippen molar-refractivity contribution in [2.75, 3.05) is 19.6 Å². The molecule has 1 amide bonds. The Kier molecular flexibility index (Phi) is 8.06. The van der Waals surface area contributed by atoms with Gasteiger partial charge in [0.1, 0.15) is 0 Å². The maximum atomic E-state index is 12.6. The van der Waals surface area contributed by atoms with Gasteiger partial charge >= 0.3 is 0 Å². The van der Waals surface area contributed by atoms with Gasteiger partial charge in [0.15, 0.2) is 0 Å². The summed E-state index contributed by atoms with van der Waals surface area (Å²) in [6.45, 7) is 12.4. The summed E-state index contributed by atoms with van der Waals surface area (Å²) in [6, 6.07) is 1.26. The second-order valence-electron chi connectivity index (χ2n) is 8.53. The molecule has 2 unspecified atom stereocenters. The van der Waals surface area contributed by atoms with Crippen LogP contribution in [-0.4, -0.2) is 47.4 Å². The Bertz CT molecular complexity index is 370. The average Bonchev–Trinajstić information content (AvgIpc) is 2.81. The summed E-state index contributed by atoms with van der Waals surface area (Å²) < 4.78 is 0. The largest absolute Gasteiger partial charge is 0.340 e. The number of hydrogen-bond acceptors (Lipinski definition) is 2. The zero-order valence-electron chi connectivity index (χ0n) is 16.6. The molecule has 0 N–H and O–H groups in total. The summed E-state index contributed by atoms with van der Waals surface area (Å²) >= 11 is 0. The monoisotopic (exact) mass is 336 g/mol. The van der Waals surface area contributed by atoms with Gasteiger partial charge in [0.05, 0.1) is 0 Å². The van der Waals surface area contributed by atoms with Crippen LogP contribution in [0.4, 0.5) is 0 Å². The molecule has 0 radical (unpaired) electrons. The summed E-state index contributed by atoms with van der Waals surface area (Å²) in [4.78, 5) is 17.5. The molecule has 0 aromatic heterocycles. The van der Waals surface area contributed by atoms with E-state index in [4.69, 9.17) is 0 Å². The van der Waals surface area contributed by atoms with Gasteiger partial charge in [0, 0.05) is 38.1 Å². The number of hydrogen-bond donors (Lipinski definition) is 0. The van der Waals surface area contributed by atoms with Gasteiger partial charge in [-0.2, -0.15) is 0 Å². The fourth-order valence-electron chi connectivity index (χ4n) is 4.46. The van der Waals surface area contributed by atoms with E-state index < -0.39 is 0 Å². The molecule has 24 heavy (non-hydrogen) atoms. The van der Waals surface area contributed by atoms with Crippen LogP contribution < -0.4 is 0 Å². The molecule has 2 aliphatic heterocycles. The van der Waals surface area contributed by atoms with Crippen molar-refractivity contribution in [1.82, 2.24) is 9.80 Å². The van der Waals surface area contributed by atoms with E-state index >= 15 is 0 Å². The normalized spacial score (nSPS) is 26.6. The maximum Gasteiger partial charge on any atom is 0.222 e. The topological polar surface area (TPSA) is 23.6 Å². The van der Waals surface area contributed by atoms with Crippen molar-refractivity contribution in [1.29, 1.82) is 0 Å². The lowest BCUT2D eigenvalue weighted by Gasteiger charge is -2.42. The molecule has 2 rings (SSSR count). The molecule has 3 nitrogen and oxygen atoms in total. The molecule has 0 aliphatic carbocycles. The van der Waals surface area contributed by atoms with Gasteiger partial charge < -0.3 is 4.90 Å². The zero-order valence-corrected chi connectivity index (χ0v) is 16.6. The Morgan fingerprint density at radius 3 is 2.21 bits per heavy atom. The van der Waals surface area contributed by atoms with Crippen LogP contribution in [0.15, 0.2) is 0 Å². The number of carbonyl (C=O) groups is 1. The first-order valence-electron chi connectivity index (χ1n) is 10.6. The number of piperazine rings is 1. The Morgan fingerprint density at radius 2 is 1.62 bits per heavy atom. The highest BCUT2D eigenvalue weighted by Crippen LogP contribution is 2.32. The first-order chi connectivity index (χ1) is 11.5. The highest BCUT2D eigenvalue weighted by Gasteiger charge is 2.41. The van der Waals surface area contributed by atoms with Crippen LogP contribution in [0.3, 0.4) is 0 Å². The molecule has 2 fully saturated rings. The van der Waals surface area contributed by atoms with Crippen molar-refractivity contribution >= 4 is 5.91 Å². The standard InChI is InChI=1S/C21H40N2O/c1-5-7-9-18(4)14-23-19-12-13-20(23)16-22(15-19)21(24)11-8-10-17(3)6-2/h17-20H,5-16H2,1-4H3/t17?,18?,19-,20+. The van der Waals surface area contributed by atoms with E-state index in [1.807, 2.05) is 0 Å². The Labute approximate surface area is 150 Å². The van der Waals surface area contributed by atoms with Gasteiger partial charge in [-0.1, -0.05) is 53.4 Å². The number of unbranched alkanes of at least 4 members (excludes halogenated alkanes) is 1. The van der Waals surface area contributed by atoms with Gasteiger partial charge in [-0.05, 0) is 37.5 Å². The third-order valence-electron chi connectivity index (χ3n) is 6.34. The number of fused-ring (bicyclic) bond motifs is 2. The predicted octanol–water partition coefficient (Wildman–Crippen LogP) is 4.70. The van der Waals surface area contributed by atoms with Crippen LogP contribution in [0.5, 0.6) is 0 Å². The molecule has 0 aromatic carbocycles. The fourth-order valence-corrected chi connectivity index (χ4v) is 4.46. The minimum atomic E-state index is 0.411. The lowest BCUT2D eigenvalue weighted by Crippen LogP contribution is -2.56.